The Balaban J connectivity index is 1.66. The Kier molecular flexibility index (Phi) is 11.0. The minimum atomic E-state index is -1.15. The summed E-state index contributed by atoms with van der Waals surface area (Å²) in [7, 11) is 0. The number of benzene rings is 2. The van der Waals surface area contributed by atoms with Crippen molar-refractivity contribution in [3.05, 3.63) is 86.3 Å². The second-order valence-corrected chi connectivity index (χ2v) is 13.4. The van der Waals surface area contributed by atoms with Gasteiger partial charge >= 0.3 is 11.7 Å². The van der Waals surface area contributed by atoms with E-state index < -0.39 is 23.5 Å². The number of aromatic nitrogens is 2. The highest BCUT2D eigenvalue weighted by atomic mass is 19.1. The van der Waals surface area contributed by atoms with E-state index in [0.29, 0.717) is 50.0 Å². The van der Waals surface area contributed by atoms with E-state index in [9.17, 15) is 19.1 Å². The van der Waals surface area contributed by atoms with Crippen LogP contribution in [0.1, 0.15) is 86.1 Å². The van der Waals surface area contributed by atoms with Gasteiger partial charge in [-0.3, -0.25) is 14.3 Å². The molecule has 0 saturated carbocycles. The number of carboxylic acid groups (broad SMARTS) is 1. The average Bonchev–Trinajstić information content (AvgIpc) is 2.93. The molecule has 0 bridgehead atoms. The Bertz CT molecular complexity index is 1550. The first-order valence-corrected chi connectivity index (χ1v) is 16.0. The fraction of sp³-hybridized carbons (Fsp3) is 0.528. The van der Waals surface area contributed by atoms with Crippen molar-refractivity contribution < 1.29 is 18.7 Å². The first-order chi connectivity index (χ1) is 21.2. The molecule has 1 aromatic heterocycles. The van der Waals surface area contributed by atoms with E-state index in [4.69, 9.17) is 0 Å². The van der Waals surface area contributed by atoms with Crippen LogP contribution in [0.3, 0.4) is 0 Å². The van der Waals surface area contributed by atoms with Crippen molar-refractivity contribution in [2.24, 2.45) is 5.92 Å². The van der Waals surface area contributed by atoms with E-state index in [-0.39, 0.29) is 30.6 Å². The fourth-order valence-electron chi connectivity index (χ4n) is 6.69. The quantitative estimate of drug-likeness (QED) is 0.213. The van der Waals surface area contributed by atoms with Crippen LogP contribution in [-0.2, 0) is 17.6 Å². The fourth-order valence-corrected chi connectivity index (χ4v) is 6.69. The van der Waals surface area contributed by atoms with Gasteiger partial charge in [-0.15, -0.1) is 0 Å². The van der Waals surface area contributed by atoms with Gasteiger partial charge in [0.15, 0.2) is 0 Å². The van der Waals surface area contributed by atoms with Gasteiger partial charge < -0.3 is 10.4 Å². The third kappa shape index (κ3) is 8.44. The lowest BCUT2D eigenvalue weighted by molar-refractivity contribution is -0.137. The molecule has 2 heterocycles. The molecule has 2 N–H and O–H groups in total. The summed E-state index contributed by atoms with van der Waals surface area (Å²) in [4.78, 5) is 31.9. The maximum atomic E-state index is 15.8. The van der Waals surface area contributed by atoms with Gasteiger partial charge in [0, 0.05) is 44.0 Å². The summed E-state index contributed by atoms with van der Waals surface area (Å²) in [6.07, 6.45) is 3.43. The predicted octanol–water partition coefficient (Wildman–Crippen LogP) is 6.52. The molecule has 0 spiro atoms. The Labute approximate surface area is 265 Å². The van der Waals surface area contributed by atoms with Gasteiger partial charge in [-0.25, -0.2) is 13.6 Å². The molecule has 0 radical (unpaired) electrons. The van der Waals surface area contributed by atoms with Gasteiger partial charge in [-0.05, 0) is 98.4 Å². The summed E-state index contributed by atoms with van der Waals surface area (Å²) in [6.45, 7) is 15.1. The number of hydrogen-bond acceptors (Lipinski definition) is 5. The molecule has 1 fully saturated rings. The lowest BCUT2D eigenvalue weighted by Crippen LogP contribution is -2.57. The largest absolute Gasteiger partial charge is 0.481 e. The highest BCUT2D eigenvalue weighted by Crippen LogP contribution is 2.33. The molecule has 2 aromatic carbocycles. The van der Waals surface area contributed by atoms with Crippen molar-refractivity contribution >= 4 is 5.97 Å². The zero-order chi connectivity index (χ0) is 33.1. The minimum absolute atomic E-state index is 0.227. The topological polar surface area (TPSA) is 87.5 Å². The van der Waals surface area contributed by atoms with Crippen LogP contribution in [0.25, 0.3) is 11.1 Å². The van der Waals surface area contributed by atoms with E-state index in [1.54, 1.807) is 24.5 Å². The van der Waals surface area contributed by atoms with Crippen molar-refractivity contribution in [2.45, 2.75) is 91.9 Å². The van der Waals surface area contributed by atoms with Crippen LogP contribution in [0.2, 0.25) is 0 Å². The highest BCUT2D eigenvalue weighted by Gasteiger charge is 2.38. The second kappa shape index (κ2) is 14.3. The van der Waals surface area contributed by atoms with E-state index in [1.807, 2.05) is 51.2 Å². The minimum Gasteiger partial charge on any atom is -0.481 e. The summed E-state index contributed by atoms with van der Waals surface area (Å²) < 4.78 is 31.5. The molecule has 0 unspecified atom stereocenters. The van der Waals surface area contributed by atoms with Crippen LogP contribution in [0, 0.1) is 32.5 Å². The molecule has 3 aromatic rings. The van der Waals surface area contributed by atoms with Gasteiger partial charge in [0.1, 0.15) is 11.5 Å². The van der Waals surface area contributed by atoms with E-state index in [0.717, 1.165) is 33.5 Å². The van der Waals surface area contributed by atoms with Crippen molar-refractivity contribution in [1.29, 1.82) is 0 Å². The SMILES string of the molecule is CCc1nc(=O)n([C@H](CN[C@@H](CC(=O)O)c2cc(-c3c(C)cccc3C)cc(C)c2F)CC(C)C)cc1CCN1CC(C)(F)C1. The smallest absolute Gasteiger partial charge is 0.348 e. The Morgan fingerprint density at radius 1 is 1.13 bits per heavy atom. The number of carbonyl (C=O) groups is 1. The Morgan fingerprint density at radius 2 is 1.80 bits per heavy atom. The van der Waals surface area contributed by atoms with Crippen LogP contribution in [0.4, 0.5) is 8.78 Å². The van der Waals surface area contributed by atoms with E-state index in [2.05, 4.69) is 29.0 Å². The third-order valence-electron chi connectivity index (χ3n) is 8.80. The average molecular weight is 623 g/mol. The lowest BCUT2D eigenvalue weighted by atomic mass is 9.90. The van der Waals surface area contributed by atoms with Gasteiger partial charge in [0.2, 0.25) is 0 Å². The van der Waals surface area contributed by atoms with Gasteiger partial charge in [0.05, 0.1) is 18.2 Å². The Hall–Kier alpha value is -3.43. The Morgan fingerprint density at radius 3 is 2.38 bits per heavy atom. The lowest BCUT2D eigenvalue weighted by Gasteiger charge is -2.42. The summed E-state index contributed by atoms with van der Waals surface area (Å²) in [5.41, 5.74) is 4.85. The molecule has 45 heavy (non-hydrogen) atoms. The van der Waals surface area contributed by atoms with Crippen molar-refractivity contribution in [3.63, 3.8) is 0 Å². The summed E-state index contributed by atoms with van der Waals surface area (Å²) in [5, 5.41) is 13.2. The number of aliphatic carboxylic acids is 1. The maximum absolute atomic E-state index is 15.8. The molecule has 1 aliphatic heterocycles. The molecule has 1 aliphatic rings. The highest BCUT2D eigenvalue weighted by molar-refractivity contribution is 5.73. The monoisotopic (exact) mass is 622 g/mol. The molecule has 9 heteroatoms. The summed E-state index contributed by atoms with van der Waals surface area (Å²) in [6, 6.07) is 8.41. The van der Waals surface area contributed by atoms with E-state index in [1.165, 1.54) is 0 Å². The predicted molar refractivity (Wildman–Crippen MR) is 175 cm³/mol. The third-order valence-corrected chi connectivity index (χ3v) is 8.80. The second-order valence-electron chi connectivity index (χ2n) is 13.4. The number of likely N-dealkylation sites (tertiary alicyclic amines) is 1. The standard InChI is InChI=1S/C36H48F2N4O3/c1-8-30-26(12-13-41-20-36(7,38)21-41)19-42(35(45)40-30)28(14-22(2)3)18-39-31(17-32(43)44)29-16-27(15-25(6)34(29)37)33-23(4)10-9-11-24(33)5/h9-11,15-16,19,22,28,31,39H,8,12-14,17-18,20-21H2,1-7H3,(H,43,44)/t28-,31-/m0/s1. The number of nitrogens with zero attached hydrogens (tertiary/aromatic N) is 3. The number of nitrogens with one attached hydrogen (secondary N) is 1. The number of rotatable bonds is 14. The molecule has 1 saturated heterocycles. The summed E-state index contributed by atoms with van der Waals surface area (Å²) >= 11 is 0. The number of carboxylic acids is 1. The maximum Gasteiger partial charge on any atom is 0.348 e. The molecule has 7 nitrogen and oxygen atoms in total. The number of alkyl halides is 1. The van der Waals surface area contributed by atoms with Crippen molar-refractivity contribution in [3.8, 4) is 11.1 Å². The normalized spacial score (nSPS) is 16.0. The zero-order valence-corrected chi connectivity index (χ0v) is 27.7. The number of hydrogen-bond donors (Lipinski definition) is 2. The van der Waals surface area contributed by atoms with E-state index >= 15 is 4.39 Å². The van der Waals surface area contributed by atoms with Crippen LogP contribution >= 0.6 is 0 Å². The van der Waals surface area contributed by atoms with Crippen molar-refractivity contribution in [2.75, 3.05) is 26.2 Å². The van der Waals surface area contributed by atoms with Gasteiger partial charge in [-0.1, -0.05) is 39.0 Å². The molecule has 0 aliphatic carbocycles. The van der Waals surface area contributed by atoms with Crippen LogP contribution in [0.5, 0.6) is 0 Å². The first-order valence-electron chi connectivity index (χ1n) is 16.0. The van der Waals surface area contributed by atoms with Crippen LogP contribution < -0.4 is 11.0 Å². The molecular weight excluding hydrogens is 574 g/mol. The summed E-state index contributed by atoms with van der Waals surface area (Å²) in [5.74, 6) is -1.26. The van der Waals surface area contributed by atoms with Gasteiger partial charge in [0.25, 0.3) is 0 Å². The number of halogens is 2. The van der Waals surface area contributed by atoms with Crippen molar-refractivity contribution in [1.82, 2.24) is 19.8 Å². The van der Waals surface area contributed by atoms with Gasteiger partial charge in [-0.2, -0.15) is 4.98 Å². The zero-order valence-electron chi connectivity index (χ0n) is 27.7. The molecule has 2 atom stereocenters. The molecule has 0 amide bonds. The molecule has 4 rings (SSSR count). The molecular formula is C36H48F2N4O3. The first kappa shape index (κ1) is 34.4. The number of aryl methyl sites for hydroxylation is 4. The van der Waals surface area contributed by atoms with Crippen LogP contribution in [0.15, 0.2) is 41.3 Å². The molecule has 244 valence electrons. The van der Waals surface area contributed by atoms with Crippen LogP contribution in [-0.4, -0.2) is 57.4 Å².